The van der Waals surface area contributed by atoms with Crippen molar-refractivity contribution < 1.29 is 4.79 Å². The van der Waals surface area contributed by atoms with Crippen molar-refractivity contribution in [1.82, 2.24) is 0 Å². The van der Waals surface area contributed by atoms with Crippen LogP contribution in [0, 0.1) is 0 Å². The van der Waals surface area contributed by atoms with Crippen molar-refractivity contribution in [2.75, 3.05) is 16.8 Å². The number of anilines is 2. The van der Waals surface area contributed by atoms with E-state index in [4.69, 9.17) is 17.3 Å². The Morgan fingerprint density at radius 3 is 2.76 bits per heavy atom. The fourth-order valence-corrected chi connectivity index (χ4v) is 2.82. The predicted octanol–water partition coefficient (Wildman–Crippen LogP) is 4.68. The van der Waals surface area contributed by atoms with Gasteiger partial charge in [0.25, 0.3) is 5.91 Å². The molecular weight excluding hydrogens is 304 g/mol. The molecule has 0 aliphatic carbocycles. The van der Waals surface area contributed by atoms with Crippen LogP contribution in [-0.2, 0) is 0 Å². The maximum atomic E-state index is 12.3. The SMILES string of the molecule is CCCSc1ccc(N)c(NC(=O)c2ccccc2Cl)c1. The van der Waals surface area contributed by atoms with E-state index in [2.05, 4.69) is 12.2 Å². The van der Waals surface area contributed by atoms with Crippen LogP contribution < -0.4 is 11.1 Å². The third-order valence-electron chi connectivity index (χ3n) is 2.86. The summed E-state index contributed by atoms with van der Waals surface area (Å²) in [7, 11) is 0. The zero-order valence-electron chi connectivity index (χ0n) is 11.7. The van der Waals surface area contributed by atoms with Crippen molar-refractivity contribution >= 4 is 40.6 Å². The number of nitrogens with two attached hydrogens (primary N) is 1. The summed E-state index contributed by atoms with van der Waals surface area (Å²) in [6, 6.07) is 12.6. The molecule has 0 radical (unpaired) electrons. The number of rotatable bonds is 5. The molecule has 0 aliphatic heterocycles. The minimum absolute atomic E-state index is 0.259. The molecule has 0 heterocycles. The highest BCUT2D eigenvalue weighted by Crippen LogP contribution is 2.28. The summed E-state index contributed by atoms with van der Waals surface area (Å²) < 4.78 is 0. The number of nitrogens with one attached hydrogen (secondary N) is 1. The number of hydrogen-bond donors (Lipinski definition) is 2. The van der Waals surface area contributed by atoms with Gasteiger partial charge in [-0.05, 0) is 42.5 Å². The Balaban J connectivity index is 2.19. The number of halogens is 1. The van der Waals surface area contributed by atoms with E-state index in [0.29, 0.717) is 22.0 Å². The first kappa shape index (κ1) is 15.7. The molecule has 2 rings (SSSR count). The molecule has 0 bridgehead atoms. The van der Waals surface area contributed by atoms with E-state index in [1.165, 1.54) is 0 Å². The molecule has 0 saturated carbocycles. The Hall–Kier alpha value is -1.65. The maximum absolute atomic E-state index is 12.3. The van der Waals surface area contributed by atoms with Crippen LogP contribution in [0.15, 0.2) is 47.4 Å². The quantitative estimate of drug-likeness (QED) is 0.621. The first-order chi connectivity index (χ1) is 10.1. The number of thioether (sulfide) groups is 1. The summed E-state index contributed by atoms with van der Waals surface area (Å²) in [6.07, 6.45) is 1.09. The molecule has 21 heavy (non-hydrogen) atoms. The van der Waals surface area contributed by atoms with Gasteiger partial charge in [0.1, 0.15) is 0 Å². The van der Waals surface area contributed by atoms with Crippen LogP contribution in [0.4, 0.5) is 11.4 Å². The lowest BCUT2D eigenvalue weighted by Crippen LogP contribution is -2.13. The van der Waals surface area contributed by atoms with Crippen molar-refractivity contribution in [2.24, 2.45) is 0 Å². The van der Waals surface area contributed by atoms with Crippen LogP contribution >= 0.6 is 23.4 Å². The topological polar surface area (TPSA) is 55.1 Å². The second-order valence-corrected chi connectivity index (χ2v) is 6.11. The Bertz CT molecular complexity index is 646. The predicted molar refractivity (Wildman–Crippen MR) is 91.3 cm³/mol. The van der Waals surface area contributed by atoms with Gasteiger partial charge in [0, 0.05) is 4.90 Å². The number of benzene rings is 2. The van der Waals surface area contributed by atoms with Crippen LogP contribution in [0.2, 0.25) is 5.02 Å². The van der Waals surface area contributed by atoms with E-state index in [9.17, 15) is 4.79 Å². The molecule has 2 aromatic carbocycles. The van der Waals surface area contributed by atoms with Gasteiger partial charge in [-0.25, -0.2) is 0 Å². The van der Waals surface area contributed by atoms with E-state index >= 15 is 0 Å². The van der Waals surface area contributed by atoms with Gasteiger partial charge >= 0.3 is 0 Å². The van der Waals surface area contributed by atoms with E-state index in [1.807, 2.05) is 12.1 Å². The van der Waals surface area contributed by atoms with Crippen LogP contribution in [0.3, 0.4) is 0 Å². The summed E-state index contributed by atoms with van der Waals surface area (Å²) in [5.74, 6) is 0.770. The first-order valence-electron chi connectivity index (χ1n) is 6.70. The maximum Gasteiger partial charge on any atom is 0.257 e. The molecular formula is C16H17ClN2OS. The number of nitrogen functional groups attached to an aromatic ring is 1. The molecule has 0 aromatic heterocycles. The van der Waals surface area contributed by atoms with Gasteiger partial charge in [-0.2, -0.15) is 0 Å². The number of amides is 1. The smallest absolute Gasteiger partial charge is 0.257 e. The average molecular weight is 321 g/mol. The van der Waals surface area contributed by atoms with Crippen molar-refractivity contribution in [3.8, 4) is 0 Å². The van der Waals surface area contributed by atoms with Crippen molar-refractivity contribution in [3.05, 3.63) is 53.1 Å². The third-order valence-corrected chi connectivity index (χ3v) is 4.39. The van der Waals surface area contributed by atoms with E-state index in [-0.39, 0.29) is 5.91 Å². The zero-order chi connectivity index (χ0) is 15.2. The second kappa shape index (κ2) is 7.38. The van der Waals surface area contributed by atoms with Gasteiger partial charge in [-0.15, -0.1) is 11.8 Å². The molecule has 0 atom stereocenters. The fourth-order valence-electron chi connectivity index (χ4n) is 1.79. The van der Waals surface area contributed by atoms with Crippen molar-refractivity contribution in [1.29, 1.82) is 0 Å². The van der Waals surface area contributed by atoms with Crippen LogP contribution in [0.5, 0.6) is 0 Å². The highest BCUT2D eigenvalue weighted by atomic mass is 35.5. The summed E-state index contributed by atoms with van der Waals surface area (Å²) in [4.78, 5) is 13.3. The minimum Gasteiger partial charge on any atom is -0.397 e. The van der Waals surface area contributed by atoms with E-state index in [1.54, 1.807) is 42.1 Å². The molecule has 0 fully saturated rings. The molecule has 1 amide bonds. The molecule has 110 valence electrons. The largest absolute Gasteiger partial charge is 0.397 e. The van der Waals surface area contributed by atoms with Gasteiger partial charge < -0.3 is 11.1 Å². The Morgan fingerprint density at radius 2 is 2.05 bits per heavy atom. The molecule has 5 heteroatoms. The summed E-state index contributed by atoms with van der Waals surface area (Å²) in [5, 5.41) is 3.24. The standard InChI is InChI=1S/C16H17ClN2OS/c1-2-9-21-11-7-8-14(18)15(10-11)19-16(20)12-5-3-4-6-13(12)17/h3-8,10H,2,9,18H2,1H3,(H,19,20). The molecule has 0 saturated heterocycles. The van der Waals surface area contributed by atoms with Gasteiger partial charge in [-0.1, -0.05) is 30.7 Å². The third kappa shape index (κ3) is 4.16. The summed E-state index contributed by atoms with van der Waals surface area (Å²) in [5.41, 5.74) is 7.51. The van der Waals surface area contributed by atoms with Crippen LogP contribution in [0.25, 0.3) is 0 Å². The highest BCUT2D eigenvalue weighted by molar-refractivity contribution is 7.99. The Labute approximate surface area is 133 Å². The van der Waals surface area contributed by atoms with Gasteiger partial charge in [-0.3, -0.25) is 4.79 Å². The lowest BCUT2D eigenvalue weighted by atomic mass is 10.2. The first-order valence-corrected chi connectivity index (χ1v) is 8.06. The monoisotopic (exact) mass is 320 g/mol. The van der Waals surface area contributed by atoms with E-state index in [0.717, 1.165) is 17.1 Å². The van der Waals surface area contributed by atoms with Crippen LogP contribution in [-0.4, -0.2) is 11.7 Å². The molecule has 0 spiro atoms. The van der Waals surface area contributed by atoms with Crippen LogP contribution in [0.1, 0.15) is 23.7 Å². The lowest BCUT2D eigenvalue weighted by molar-refractivity contribution is 0.102. The minimum atomic E-state index is -0.259. The van der Waals surface area contributed by atoms with E-state index < -0.39 is 0 Å². The summed E-state index contributed by atoms with van der Waals surface area (Å²) in [6.45, 7) is 2.13. The number of carbonyl (C=O) groups excluding carboxylic acids is 1. The van der Waals surface area contributed by atoms with Crippen molar-refractivity contribution in [2.45, 2.75) is 18.2 Å². The fraction of sp³-hybridized carbons (Fsp3) is 0.188. The zero-order valence-corrected chi connectivity index (χ0v) is 13.3. The Kier molecular flexibility index (Phi) is 5.53. The molecule has 3 nitrogen and oxygen atoms in total. The highest BCUT2D eigenvalue weighted by Gasteiger charge is 2.11. The van der Waals surface area contributed by atoms with Gasteiger partial charge in [0.2, 0.25) is 0 Å². The normalized spacial score (nSPS) is 10.4. The Morgan fingerprint density at radius 1 is 1.29 bits per heavy atom. The molecule has 0 unspecified atom stereocenters. The second-order valence-electron chi connectivity index (χ2n) is 4.53. The van der Waals surface area contributed by atoms with Gasteiger partial charge in [0.15, 0.2) is 0 Å². The summed E-state index contributed by atoms with van der Waals surface area (Å²) >= 11 is 7.77. The molecule has 0 aliphatic rings. The van der Waals surface area contributed by atoms with Crippen molar-refractivity contribution in [3.63, 3.8) is 0 Å². The van der Waals surface area contributed by atoms with Gasteiger partial charge in [0.05, 0.1) is 22.0 Å². The number of hydrogen-bond acceptors (Lipinski definition) is 3. The average Bonchev–Trinajstić information content (AvgIpc) is 2.48. The lowest BCUT2D eigenvalue weighted by Gasteiger charge is -2.11. The molecule has 2 aromatic rings. The number of carbonyl (C=O) groups is 1. The molecule has 3 N–H and O–H groups in total.